The summed E-state index contributed by atoms with van der Waals surface area (Å²) < 4.78 is 5.38. The Bertz CT molecular complexity index is 525. The minimum atomic E-state index is 0. The number of amides is 1. The van der Waals surface area contributed by atoms with E-state index in [-0.39, 0.29) is 29.9 Å². The number of carbonyl (C=O) groups is 1. The molecule has 4 rings (SSSR count). The lowest BCUT2D eigenvalue weighted by molar-refractivity contribution is -0.140. The molecular formula is C21H37IN4O2. The van der Waals surface area contributed by atoms with E-state index in [1.807, 2.05) is 4.90 Å². The molecule has 0 radical (unpaired) electrons. The Balaban J connectivity index is 0.00000225. The third kappa shape index (κ3) is 5.74. The lowest BCUT2D eigenvalue weighted by Crippen LogP contribution is -2.50. The number of nitrogens with one attached hydrogen (secondary N) is 1. The van der Waals surface area contributed by atoms with Gasteiger partial charge in [-0.3, -0.25) is 9.79 Å². The third-order valence-corrected chi connectivity index (χ3v) is 6.71. The van der Waals surface area contributed by atoms with E-state index in [0.717, 1.165) is 75.8 Å². The number of carbonyl (C=O) groups excluding carboxylic acids is 1. The van der Waals surface area contributed by atoms with Gasteiger partial charge in [0.05, 0.1) is 13.2 Å². The molecule has 160 valence electrons. The highest BCUT2D eigenvalue weighted by atomic mass is 127. The normalized spacial score (nSPS) is 24.3. The maximum atomic E-state index is 12.7. The van der Waals surface area contributed by atoms with Crippen molar-refractivity contribution in [1.29, 1.82) is 0 Å². The van der Waals surface area contributed by atoms with E-state index in [1.165, 1.54) is 25.7 Å². The Morgan fingerprint density at radius 2 is 1.61 bits per heavy atom. The monoisotopic (exact) mass is 504 g/mol. The van der Waals surface area contributed by atoms with Crippen molar-refractivity contribution in [2.75, 3.05) is 52.5 Å². The molecule has 4 aliphatic rings. The Labute approximate surface area is 186 Å². The predicted molar refractivity (Wildman–Crippen MR) is 122 cm³/mol. The van der Waals surface area contributed by atoms with Crippen LogP contribution in [0.2, 0.25) is 0 Å². The van der Waals surface area contributed by atoms with Gasteiger partial charge in [0.25, 0.3) is 0 Å². The van der Waals surface area contributed by atoms with Gasteiger partial charge in [0.2, 0.25) is 5.91 Å². The number of hydrogen-bond donors (Lipinski definition) is 1. The van der Waals surface area contributed by atoms with Crippen molar-refractivity contribution in [3.05, 3.63) is 0 Å². The molecule has 0 spiro atoms. The van der Waals surface area contributed by atoms with Gasteiger partial charge in [0.15, 0.2) is 5.96 Å². The number of likely N-dealkylation sites (tertiary alicyclic amines) is 1. The molecule has 4 fully saturated rings. The Hall–Kier alpha value is -0.570. The number of piperidine rings is 1. The average Bonchev–Trinajstić information content (AvgIpc) is 3.62. The molecule has 1 amide bonds. The van der Waals surface area contributed by atoms with Crippen LogP contribution in [0.3, 0.4) is 0 Å². The van der Waals surface area contributed by atoms with Gasteiger partial charge in [-0.25, -0.2) is 0 Å². The van der Waals surface area contributed by atoms with E-state index in [4.69, 9.17) is 9.73 Å². The minimum absolute atomic E-state index is 0. The first-order valence-electron chi connectivity index (χ1n) is 11.2. The summed E-state index contributed by atoms with van der Waals surface area (Å²) in [6.07, 6.45) is 7.56. The first-order valence-corrected chi connectivity index (χ1v) is 11.2. The third-order valence-electron chi connectivity index (χ3n) is 6.71. The Kier molecular flexibility index (Phi) is 8.26. The lowest BCUT2D eigenvalue weighted by atomic mass is 9.95. The maximum absolute atomic E-state index is 12.7. The van der Waals surface area contributed by atoms with Gasteiger partial charge in [-0.1, -0.05) is 0 Å². The largest absolute Gasteiger partial charge is 0.378 e. The topological polar surface area (TPSA) is 57.2 Å². The van der Waals surface area contributed by atoms with Crippen LogP contribution in [0, 0.1) is 23.7 Å². The molecule has 0 unspecified atom stereocenters. The van der Waals surface area contributed by atoms with E-state index in [9.17, 15) is 4.79 Å². The number of aliphatic imine (C=N–C) groups is 1. The summed E-state index contributed by atoms with van der Waals surface area (Å²) >= 11 is 0. The van der Waals surface area contributed by atoms with Gasteiger partial charge in [-0.05, 0) is 63.2 Å². The molecule has 6 nitrogen and oxygen atoms in total. The Morgan fingerprint density at radius 3 is 2.14 bits per heavy atom. The molecule has 0 aromatic rings. The van der Waals surface area contributed by atoms with E-state index in [0.29, 0.717) is 19.1 Å². The Morgan fingerprint density at radius 1 is 1.00 bits per heavy atom. The average molecular weight is 504 g/mol. The summed E-state index contributed by atoms with van der Waals surface area (Å²) in [5.74, 6) is 4.29. The lowest BCUT2D eigenvalue weighted by Gasteiger charge is -2.37. The highest BCUT2D eigenvalue weighted by Gasteiger charge is 2.41. The van der Waals surface area contributed by atoms with Crippen LogP contribution in [-0.4, -0.2) is 74.1 Å². The summed E-state index contributed by atoms with van der Waals surface area (Å²) in [4.78, 5) is 22.2. The molecule has 28 heavy (non-hydrogen) atoms. The number of halogens is 1. The second kappa shape index (κ2) is 10.5. The number of nitrogens with zero attached hydrogens (tertiary/aromatic N) is 3. The molecule has 7 heteroatoms. The van der Waals surface area contributed by atoms with Crippen LogP contribution in [0.1, 0.15) is 45.4 Å². The molecular weight excluding hydrogens is 467 g/mol. The highest BCUT2D eigenvalue weighted by Crippen LogP contribution is 2.49. The van der Waals surface area contributed by atoms with Crippen LogP contribution in [0.4, 0.5) is 0 Å². The highest BCUT2D eigenvalue weighted by molar-refractivity contribution is 14.0. The smallest absolute Gasteiger partial charge is 0.225 e. The standard InChI is InChI=1S/C21H36N4O2.HI/c1-2-22-21(23-15-19(16-3-4-16)17-5-6-17)25-9-7-18(8-10-25)20(26)24-11-13-27-14-12-24;/h16-19H,2-15H2,1H3,(H,22,23);1H. The zero-order chi connectivity index (χ0) is 18.6. The van der Waals surface area contributed by atoms with E-state index >= 15 is 0 Å². The van der Waals surface area contributed by atoms with Crippen molar-refractivity contribution in [1.82, 2.24) is 15.1 Å². The second-order valence-electron chi connectivity index (χ2n) is 8.73. The summed E-state index contributed by atoms with van der Waals surface area (Å²) in [5, 5.41) is 3.50. The molecule has 1 N–H and O–H groups in total. The fourth-order valence-electron chi connectivity index (χ4n) is 4.73. The van der Waals surface area contributed by atoms with Crippen LogP contribution < -0.4 is 5.32 Å². The fraction of sp³-hybridized carbons (Fsp3) is 0.905. The molecule has 0 aromatic carbocycles. The molecule has 2 aliphatic carbocycles. The molecule has 2 saturated heterocycles. The summed E-state index contributed by atoms with van der Waals surface area (Å²) in [6, 6.07) is 0. The van der Waals surface area contributed by atoms with Crippen LogP contribution >= 0.6 is 24.0 Å². The van der Waals surface area contributed by atoms with Crippen molar-refractivity contribution in [2.24, 2.45) is 28.7 Å². The summed E-state index contributed by atoms with van der Waals surface area (Å²) in [7, 11) is 0. The van der Waals surface area contributed by atoms with E-state index < -0.39 is 0 Å². The van der Waals surface area contributed by atoms with Crippen molar-refractivity contribution < 1.29 is 9.53 Å². The van der Waals surface area contributed by atoms with Crippen LogP contribution in [0.15, 0.2) is 4.99 Å². The van der Waals surface area contributed by atoms with Crippen LogP contribution in [-0.2, 0) is 9.53 Å². The van der Waals surface area contributed by atoms with Crippen LogP contribution in [0.25, 0.3) is 0 Å². The number of hydrogen-bond acceptors (Lipinski definition) is 3. The van der Waals surface area contributed by atoms with Crippen molar-refractivity contribution in [3.63, 3.8) is 0 Å². The zero-order valence-corrected chi connectivity index (χ0v) is 19.6. The zero-order valence-electron chi connectivity index (χ0n) is 17.3. The van der Waals surface area contributed by atoms with Crippen molar-refractivity contribution in [3.8, 4) is 0 Å². The van der Waals surface area contributed by atoms with Crippen LogP contribution in [0.5, 0.6) is 0 Å². The van der Waals surface area contributed by atoms with Crippen molar-refractivity contribution in [2.45, 2.75) is 45.4 Å². The summed E-state index contributed by atoms with van der Waals surface area (Å²) in [6.45, 7) is 8.79. The SMILES string of the molecule is CCNC(=NCC(C1CC1)C1CC1)N1CCC(C(=O)N2CCOCC2)CC1.I. The molecule has 0 bridgehead atoms. The summed E-state index contributed by atoms with van der Waals surface area (Å²) in [5.41, 5.74) is 0. The number of rotatable bonds is 6. The van der Waals surface area contributed by atoms with E-state index in [1.54, 1.807) is 0 Å². The number of ether oxygens (including phenoxy) is 1. The molecule has 2 saturated carbocycles. The molecule has 0 atom stereocenters. The predicted octanol–water partition coefficient (Wildman–Crippen LogP) is 2.58. The van der Waals surface area contributed by atoms with Gasteiger partial charge in [-0.2, -0.15) is 0 Å². The molecule has 2 aliphatic heterocycles. The van der Waals surface area contributed by atoms with Crippen molar-refractivity contribution >= 4 is 35.8 Å². The molecule has 0 aromatic heterocycles. The number of guanidine groups is 1. The fourth-order valence-corrected chi connectivity index (χ4v) is 4.73. The van der Waals surface area contributed by atoms with Gasteiger partial charge < -0.3 is 19.9 Å². The molecule has 2 heterocycles. The first-order chi connectivity index (χ1) is 13.3. The number of morpholine rings is 1. The van der Waals surface area contributed by atoms with Gasteiger partial charge in [0.1, 0.15) is 0 Å². The van der Waals surface area contributed by atoms with Gasteiger partial charge >= 0.3 is 0 Å². The second-order valence-corrected chi connectivity index (χ2v) is 8.73. The van der Waals surface area contributed by atoms with Gasteiger partial charge in [0, 0.05) is 45.2 Å². The van der Waals surface area contributed by atoms with Gasteiger partial charge in [-0.15, -0.1) is 24.0 Å². The first kappa shape index (κ1) is 22.1. The van der Waals surface area contributed by atoms with E-state index in [2.05, 4.69) is 17.1 Å². The quantitative estimate of drug-likeness (QED) is 0.343. The maximum Gasteiger partial charge on any atom is 0.225 e. The minimum Gasteiger partial charge on any atom is -0.378 e.